The normalized spacial score (nSPS) is 16.4. The van der Waals surface area contributed by atoms with Crippen LogP contribution in [0.25, 0.3) is 0 Å². The lowest BCUT2D eigenvalue weighted by Gasteiger charge is -2.29. The van der Waals surface area contributed by atoms with Gasteiger partial charge in [-0.25, -0.2) is 0 Å². The number of rotatable bonds is 8. The molecule has 0 heterocycles. The Morgan fingerprint density at radius 3 is 1.63 bits per heavy atom. The highest BCUT2D eigenvalue weighted by molar-refractivity contribution is 6.69. The van der Waals surface area contributed by atoms with Gasteiger partial charge < -0.3 is 4.43 Å². The minimum absolute atomic E-state index is 0.658. The van der Waals surface area contributed by atoms with Crippen LogP contribution >= 0.6 is 0 Å². The fourth-order valence-electron chi connectivity index (χ4n) is 2.23. The van der Waals surface area contributed by atoms with Crippen molar-refractivity contribution in [3.8, 4) is 0 Å². The van der Waals surface area contributed by atoms with E-state index in [2.05, 4.69) is 73.2 Å². The molecular weight excluding hydrogens is 247 g/mol. The van der Waals surface area contributed by atoms with E-state index in [1.165, 1.54) is 0 Å². The molecule has 0 fully saturated rings. The summed E-state index contributed by atoms with van der Waals surface area (Å²) in [5, 5.41) is 0. The van der Waals surface area contributed by atoms with E-state index in [1.54, 1.807) is 0 Å². The third-order valence-electron chi connectivity index (χ3n) is 4.29. The molecular formula is C16H35BOSi. The summed E-state index contributed by atoms with van der Waals surface area (Å²) in [5.41, 5.74) is 0. The predicted octanol–water partition coefficient (Wildman–Crippen LogP) is 5.52. The molecule has 19 heavy (non-hydrogen) atoms. The van der Waals surface area contributed by atoms with Gasteiger partial charge in [-0.1, -0.05) is 71.1 Å². The Balaban J connectivity index is 4.63. The molecule has 0 aromatic rings. The molecule has 0 saturated heterocycles. The monoisotopic (exact) mass is 282 g/mol. The quantitative estimate of drug-likeness (QED) is 0.532. The van der Waals surface area contributed by atoms with Crippen LogP contribution in [0.2, 0.25) is 31.3 Å². The molecule has 3 heteroatoms. The zero-order valence-corrected chi connectivity index (χ0v) is 15.7. The van der Waals surface area contributed by atoms with Crippen molar-refractivity contribution in [3.05, 3.63) is 12.1 Å². The van der Waals surface area contributed by atoms with Crippen LogP contribution < -0.4 is 0 Å². The van der Waals surface area contributed by atoms with E-state index >= 15 is 0 Å². The smallest absolute Gasteiger partial charge is 0.184 e. The molecule has 0 bridgehead atoms. The maximum Gasteiger partial charge on any atom is 0.184 e. The fraction of sp³-hybridized carbons (Fsp3) is 0.875. The average molecular weight is 282 g/mol. The van der Waals surface area contributed by atoms with Gasteiger partial charge in [-0.15, -0.1) is 5.98 Å². The summed E-state index contributed by atoms with van der Waals surface area (Å²) in [6, 6.07) is 0. The molecule has 0 aliphatic rings. The van der Waals surface area contributed by atoms with E-state index in [9.17, 15) is 0 Å². The number of hydrogen-bond donors (Lipinski definition) is 0. The first kappa shape index (κ1) is 19.0. The second kappa shape index (κ2) is 8.31. The van der Waals surface area contributed by atoms with Crippen LogP contribution in [-0.4, -0.2) is 21.6 Å². The molecule has 2 atom stereocenters. The SMILES string of the molecule is CC(C)C(C)B(/C=C/CO[Si](C)(C)C)C(C)C(C)C. The summed E-state index contributed by atoms with van der Waals surface area (Å²) < 4.78 is 5.91. The average Bonchev–Trinajstić information content (AvgIpc) is 2.25. The zero-order chi connectivity index (χ0) is 15.2. The Morgan fingerprint density at radius 2 is 1.32 bits per heavy atom. The van der Waals surface area contributed by atoms with E-state index in [0.29, 0.717) is 6.71 Å². The summed E-state index contributed by atoms with van der Waals surface area (Å²) in [6.07, 6.45) is 2.25. The number of hydrogen-bond acceptors (Lipinski definition) is 1. The highest BCUT2D eigenvalue weighted by Gasteiger charge is 2.28. The van der Waals surface area contributed by atoms with Gasteiger partial charge in [-0.2, -0.15) is 0 Å². The first-order valence-corrected chi connectivity index (χ1v) is 11.3. The van der Waals surface area contributed by atoms with Crippen LogP contribution in [0.3, 0.4) is 0 Å². The van der Waals surface area contributed by atoms with Gasteiger partial charge in [0.15, 0.2) is 15.0 Å². The molecule has 2 unspecified atom stereocenters. The van der Waals surface area contributed by atoms with E-state index in [1.807, 2.05) is 0 Å². The Labute approximate surface area is 123 Å². The van der Waals surface area contributed by atoms with Crippen molar-refractivity contribution in [1.82, 2.24) is 0 Å². The standard InChI is InChI=1S/C16H35BOSi/c1-13(2)15(5)17(16(6)14(3)4)11-10-12-18-19(7,8)9/h10-11,13-16H,12H2,1-9H3/b11-10+. The first-order chi connectivity index (χ1) is 8.56. The van der Waals surface area contributed by atoms with Crippen LogP contribution in [0, 0.1) is 11.8 Å². The van der Waals surface area contributed by atoms with E-state index in [0.717, 1.165) is 30.1 Å². The Kier molecular flexibility index (Phi) is 8.30. The van der Waals surface area contributed by atoms with Crippen molar-refractivity contribution in [2.75, 3.05) is 6.61 Å². The Bertz CT molecular complexity index is 254. The maximum atomic E-state index is 5.91. The van der Waals surface area contributed by atoms with Crippen molar-refractivity contribution in [1.29, 1.82) is 0 Å². The molecule has 0 saturated carbocycles. The van der Waals surface area contributed by atoms with E-state index < -0.39 is 8.32 Å². The van der Waals surface area contributed by atoms with E-state index in [-0.39, 0.29) is 0 Å². The molecule has 1 nitrogen and oxygen atoms in total. The summed E-state index contributed by atoms with van der Waals surface area (Å²) in [7, 11) is -1.38. The molecule has 0 aliphatic carbocycles. The van der Waals surface area contributed by atoms with Crippen molar-refractivity contribution in [2.45, 2.75) is 72.8 Å². The Morgan fingerprint density at radius 1 is 0.895 bits per heavy atom. The van der Waals surface area contributed by atoms with Gasteiger partial charge in [0.1, 0.15) is 0 Å². The van der Waals surface area contributed by atoms with Crippen molar-refractivity contribution >= 4 is 15.0 Å². The highest BCUT2D eigenvalue weighted by Crippen LogP contribution is 2.33. The van der Waals surface area contributed by atoms with Gasteiger partial charge in [0.05, 0.1) is 6.61 Å². The van der Waals surface area contributed by atoms with Gasteiger partial charge in [0.25, 0.3) is 0 Å². The van der Waals surface area contributed by atoms with Crippen molar-refractivity contribution in [3.63, 3.8) is 0 Å². The Hall–Kier alpha value is -0.0182. The minimum atomic E-state index is -1.38. The topological polar surface area (TPSA) is 9.23 Å². The van der Waals surface area contributed by atoms with Gasteiger partial charge in [0.2, 0.25) is 0 Å². The lowest BCUT2D eigenvalue weighted by atomic mass is 9.31. The van der Waals surface area contributed by atoms with Gasteiger partial charge in [-0.05, 0) is 19.6 Å². The highest BCUT2D eigenvalue weighted by atomic mass is 28.4. The molecule has 0 radical (unpaired) electrons. The zero-order valence-electron chi connectivity index (χ0n) is 14.7. The molecule has 0 rings (SSSR count). The lowest BCUT2D eigenvalue weighted by molar-refractivity contribution is 0.357. The fourth-order valence-corrected chi connectivity index (χ4v) is 2.83. The van der Waals surface area contributed by atoms with Crippen LogP contribution in [0.5, 0.6) is 0 Å². The summed E-state index contributed by atoms with van der Waals surface area (Å²) in [4.78, 5) is 0. The molecule has 0 aliphatic heterocycles. The molecule has 0 aromatic heterocycles. The van der Waals surface area contributed by atoms with Gasteiger partial charge >= 0.3 is 0 Å². The molecule has 112 valence electrons. The third kappa shape index (κ3) is 7.99. The van der Waals surface area contributed by atoms with E-state index in [4.69, 9.17) is 4.43 Å². The van der Waals surface area contributed by atoms with Crippen molar-refractivity contribution in [2.24, 2.45) is 11.8 Å². The van der Waals surface area contributed by atoms with Crippen LogP contribution in [0.15, 0.2) is 12.1 Å². The molecule has 0 aromatic carbocycles. The van der Waals surface area contributed by atoms with Crippen molar-refractivity contribution < 1.29 is 4.43 Å². The maximum absolute atomic E-state index is 5.91. The summed E-state index contributed by atoms with van der Waals surface area (Å²) in [5.74, 6) is 5.32. The molecule has 0 N–H and O–H groups in total. The lowest BCUT2D eigenvalue weighted by Crippen LogP contribution is -2.29. The summed E-state index contributed by atoms with van der Waals surface area (Å²) >= 11 is 0. The minimum Gasteiger partial charge on any atom is -0.414 e. The largest absolute Gasteiger partial charge is 0.414 e. The second-order valence-corrected chi connectivity index (χ2v) is 12.1. The van der Waals surface area contributed by atoms with Crippen LogP contribution in [0.4, 0.5) is 0 Å². The molecule has 0 spiro atoms. The third-order valence-corrected chi connectivity index (χ3v) is 5.32. The molecule has 0 amide bonds. The summed E-state index contributed by atoms with van der Waals surface area (Å²) in [6.45, 7) is 22.3. The first-order valence-electron chi connectivity index (χ1n) is 7.87. The van der Waals surface area contributed by atoms with Gasteiger partial charge in [-0.3, -0.25) is 0 Å². The second-order valence-electron chi connectivity index (χ2n) is 7.64. The van der Waals surface area contributed by atoms with Crippen LogP contribution in [-0.2, 0) is 4.43 Å². The van der Waals surface area contributed by atoms with Gasteiger partial charge in [0, 0.05) is 0 Å². The van der Waals surface area contributed by atoms with Crippen LogP contribution in [0.1, 0.15) is 41.5 Å². The predicted molar refractivity (Wildman–Crippen MR) is 92.7 cm³/mol.